The number of nitrogens with zero attached hydrogens (tertiary/aromatic N) is 3. The largest absolute Gasteiger partial charge is 0.331 e. The zero-order valence-electron chi connectivity index (χ0n) is 12.4. The Bertz CT molecular complexity index is 962. The molecule has 0 spiro atoms. The molecule has 0 fully saturated rings. The Kier molecular flexibility index (Phi) is 3.64. The number of H-pyrrole nitrogens is 1. The molecule has 0 saturated carbocycles. The number of aromatic amines is 1. The minimum Gasteiger partial charge on any atom is -0.331 e. The van der Waals surface area contributed by atoms with Crippen molar-refractivity contribution in [3.63, 3.8) is 0 Å². The highest BCUT2D eigenvalue weighted by Crippen LogP contribution is 2.28. The first-order chi connectivity index (χ1) is 11.8. The van der Waals surface area contributed by atoms with Crippen LogP contribution in [-0.4, -0.2) is 26.3 Å². The number of amides is 1. The first-order valence-corrected chi connectivity index (χ1v) is 7.99. The summed E-state index contributed by atoms with van der Waals surface area (Å²) in [6.45, 7) is 0. The molecular formula is C16H12N6OS. The molecule has 1 amide bonds. The van der Waals surface area contributed by atoms with E-state index in [4.69, 9.17) is 0 Å². The van der Waals surface area contributed by atoms with E-state index < -0.39 is 0 Å². The van der Waals surface area contributed by atoms with Gasteiger partial charge in [0.1, 0.15) is 0 Å². The van der Waals surface area contributed by atoms with Gasteiger partial charge in [0.2, 0.25) is 0 Å². The van der Waals surface area contributed by atoms with Crippen molar-refractivity contribution in [3.05, 3.63) is 60.4 Å². The number of anilines is 3. The highest BCUT2D eigenvalue weighted by Gasteiger charge is 2.09. The average Bonchev–Trinajstić information content (AvgIpc) is 3.24. The lowest BCUT2D eigenvalue weighted by atomic mass is 10.2. The number of hydrogen-bond acceptors (Lipinski definition) is 6. The SMILES string of the molecule is O=C(Nc1cccc(Nc2nc3ccccc3s2)c1)c1cn[nH]n1. The van der Waals surface area contributed by atoms with E-state index in [0.29, 0.717) is 5.69 Å². The van der Waals surface area contributed by atoms with Crippen LogP contribution in [0, 0.1) is 0 Å². The summed E-state index contributed by atoms with van der Waals surface area (Å²) in [4.78, 5) is 16.5. The molecule has 0 bridgehead atoms. The van der Waals surface area contributed by atoms with Crippen molar-refractivity contribution in [3.8, 4) is 0 Å². The normalized spacial score (nSPS) is 10.7. The summed E-state index contributed by atoms with van der Waals surface area (Å²) in [7, 11) is 0. The van der Waals surface area contributed by atoms with Crippen LogP contribution >= 0.6 is 11.3 Å². The monoisotopic (exact) mass is 336 g/mol. The molecule has 4 aromatic rings. The second-order valence-electron chi connectivity index (χ2n) is 5.00. The lowest BCUT2D eigenvalue weighted by molar-refractivity contribution is 0.102. The highest BCUT2D eigenvalue weighted by molar-refractivity contribution is 7.22. The van der Waals surface area contributed by atoms with Crippen LogP contribution in [0.2, 0.25) is 0 Å². The molecule has 7 nitrogen and oxygen atoms in total. The number of para-hydroxylation sites is 1. The number of fused-ring (bicyclic) bond motifs is 1. The van der Waals surface area contributed by atoms with Gasteiger partial charge in [-0.15, -0.1) is 0 Å². The molecule has 0 aliphatic heterocycles. The van der Waals surface area contributed by atoms with E-state index in [1.54, 1.807) is 11.3 Å². The fourth-order valence-electron chi connectivity index (χ4n) is 2.23. The van der Waals surface area contributed by atoms with Gasteiger partial charge >= 0.3 is 0 Å². The molecule has 3 N–H and O–H groups in total. The Hall–Kier alpha value is -3.26. The molecular weight excluding hydrogens is 324 g/mol. The molecule has 0 aliphatic rings. The fraction of sp³-hybridized carbons (Fsp3) is 0. The van der Waals surface area contributed by atoms with Gasteiger partial charge < -0.3 is 10.6 Å². The third-order valence-corrected chi connectivity index (χ3v) is 4.27. The van der Waals surface area contributed by atoms with Gasteiger partial charge in [0.25, 0.3) is 5.91 Å². The van der Waals surface area contributed by atoms with Crippen LogP contribution in [0.15, 0.2) is 54.7 Å². The molecule has 0 radical (unpaired) electrons. The predicted molar refractivity (Wildman–Crippen MR) is 93.7 cm³/mol. The summed E-state index contributed by atoms with van der Waals surface area (Å²) in [5.74, 6) is -0.319. The van der Waals surface area contributed by atoms with Crippen molar-refractivity contribution in [2.24, 2.45) is 0 Å². The summed E-state index contributed by atoms with van der Waals surface area (Å²) >= 11 is 1.58. The number of benzene rings is 2. The maximum Gasteiger partial charge on any atom is 0.277 e. The maximum atomic E-state index is 12.0. The van der Waals surface area contributed by atoms with Gasteiger partial charge in [0, 0.05) is 11.4 Å². The molecule has 0 atom stereocenters. The number of rotatable bonds is 4. The Morgan fingerprint density at radius 2 is 1.96 bits per heavy atom. The zero-order chi connectivity index (χ0) is 16.4. The Morgan fingerprint density at radius 1 is 1.08 bits per heavy atom. The second-order valence-corrected chi connectivity index (χ2v) is 6.03. The predicted octanol–water partition coefficient (Wildman–Crippen LogP) is 3.41. The van der Waals surface area contributed by atoms with Gasteiger partial charge in [-0.05, 0) is 30.3 Å². The van der Waals surface area contributed by atoms with Crippen LogP contribution in [0.25, 0.3) is 10.2 Å². The van der Waals surface area contributed by atoms with Crippen LogP contribution in [0.1, 0.15) is 10.5 Å². The Morgan fingerprint density at radius 3 is 2.79 bits per heavy atom. The average molecular weight is 336 g/mol. The standard InChI is InChI=1S/C16H12N6OS/c23-15(13-9-17-22-21-13)18-10-4-3-5-11(8-10)19-16-20-12-6-1-2-7-14(12)24-16/h1-9H,(H,18,23)(H,19,20)(H,17,21,22). The van der Waals surface area contributed by atoms with Crippen molar-refractivity contribution in [2.45, 2.75) is 0 Å². The highest BCUT2D eigenvalue weighted by atomic mass is 32.1. The van der Waals surface area contributed by atoms with Crippen LogP contribution in [0.3, 0.4) is 0 Å². The van der Waals surface area contributed by atoms with Gasteiger partial charge in [0.05, 0.1) is 16.4 Å². The first-order valence-electron chi connectivity index (χ1n) is 7.18. The molecule has 2 aromatic heterocycles. The number of thiazole rings is 1. The van der Waals surface area contributed by atoms with E-state index in [-0.39, 0.29) is 11.6 Å². The van der Waals surface area contributed by atoms with E-state index in [0.717, 1.165) is 21.0 Å². The van der Waals surface area contributed by atoms with Crippen LogP contribution < -0.4 is 10.6 Å². The molecule has 2 aromatic carbocycles. The van der Waals surface area contributed by atoms with Crippen molar-refractivity contribution in [1.82, 2.24) is 20.4 Å². The van der Waals surface area contributed by atoms with Crippen molar-refractivity contribution in [2.75, 3.05) is 10.6 Å². The molecule has 2 heterocycles. The van der Waals surface area contributed by atoms with Gasteiger partial charge in [-0.3, -0.25) is 4.79 Å². The van der Waals surface area contributed by atoms with Crippen molar-refractivity contribution >= 4 is 44.0 Å². The number of aromatic nitrogens is 4. The summed E-state index contributed by atoms with van der Waals surface area (Å²) in [6, 6.07) is 15.4. The molecule has 0 aliphatic carbocycles. The van der Waals surface area contributed by atoms with Gasteiger partial charge in [-0.25, -0.2) is 4.98 Å². The maximum absolute atomic E-state index is 12.0. The first kappa shape index (κ1) is 14.3. The van der Waals surface area contributed by atoms with E-state index >= 15 is 0 Å². The Balaban J connectivity index is 1.53. The van der Waals surface area contributed by atoms with Crippen molar-refractivity contribution in [1.29, 1.82) is 0 Å². The van der Waals surface area contributed by atoms with E-state index in [9.17, 15) is 4.79 Å². The minimum absolute atomic E-state index is 0.236. The zero-order valence-corrected chi connectivity index (χ0v) is 13.2. The summed E-state index contributed by atoms with van der Waals surface area (Å²) in [6.07, 6.45) is 1.37. The van der Waals surface area contributed by atoms with E-state index in [2.05, 4.69) is 31.0 Å². The van der Waals surface area contributed by atoms with Crippen LogP contribution in [-0.2, 0) is 0 Å². The van der Waals surface area contributed by atoms with Gasteiger partial charge in [-0.2, -0.15) is 15.4 Å². The third-order valence-electron chi connectivity index (χ3n) is 3.31. The Labute approximate surface area is 140 Å². The smallest absolute Gasteiger partial charge is 0.277 e. The third kappa shape index (κ3) is 2.95. The van der Waals surface area contributed by atoms with Gasteiger partial charge in [-0.1, -0.05) is 29.5 Å². The molecule has 4 rings (SSSR count). The summed E-state index contributed by atoms with van der Waals surface area (Å²) in [5.41, 5.74) is 2.70. The van der Waals surface area contributed by atoms with E-state index in [1.165, 1.54) is 6.20 Å². The quantitative estimate of drug-likeness (QED) is 0.531. The number of carbonyl (C=O) groups is 1. The molecule has 24 heavy (non-hydrogen) atoms. The molecule has 0 saturated heterocycles. The molecule has 0 unspecified atom stereocenters. The van der Waals surface area contributed by atoms with E-state index in [1.807, 2.05) is 48.5 Å². The minimum atomic E-state index is -0.319. The number of hydrogen-bond donors (Lipinski definition) is 3. The molecule has 118 valence electrons. The lowest BCUT2D eigenvalue weighted by Gasteiger charge is -2.06. The summed E-state index contributed by atoms with van der Waals surface area (Å²) < 4.78 is 1.12. The summed E-state index contributed by atoms with van der Waals surface area (Å²) in [5, 5.41) is 16.6. The fourth-order valence-corrected chi connectivity index (χ4v) is 3.12. The van der Waals surface area contributed by atoms with Gasteiger partial charge in [0.15, 0.2) is 10.8 Å². The number of carbonyl (C=O) groups excluding carboxylic acids is 1. The van der Waals surface area contributed by atoms with Crippen LogP contribution in [0.5, 0.6) is 0 Å². The van der Waals surface area contributed by atoms with Crippen LogP contribution in [0.4, 0.5) is 16.5 Å². The topological polar surface area (TPSA) is 95.6 Å². The molecule has 8 heteroatoms. The number of nitrogens with one attached hydrogen (secondary N) is 3. The lowest BCUT2D eigenvalue weighted by Crippen LogP contribution is -2.12. The van der Waals surface area contributed by atoms with Crippen molar-refractivity contribution < 1.29 is 4.79 Å². The second kappa shape index (κ2) is 6.09.